The maximum absolute atomic E-state index is 10.2. The van der Waals surface area contributed by atoms with E-state index in [4.69, 9.17) is 10.00 Å². The number of nitrogens with zero attached hydrogens (tertiary/aromatic N) is 1. The van der Waals surface area contributed by atoms with Gasteiger partial charge < -0.3 is 15.2 Å². The van der Waals surface area contributed by atoms with E-state index in [1.54, 1.807) is 0 Å². The van der Waals surface area contributed by atoms with E-state index in [9.17, 15) is 5.11 Å². The fraction of sp³-hybridized carbons (Fsp3) is 0.611. The predicted molar refractivity (Wildman–Crippen MR) is 86.5 cm³/mol. The number of benzene rings is 1. The normalized spacial score (nSPS) is 26.2. The van der Waals surface area contributed by atoms with Gasteiger partial charge in [-0.15, -0.1) is 0 Å². The third-order valence-electron chi connectivity index (χ3n) is 4.78. The molecule has 2 N–H and O–H groups in total. The van der Waals surface area contributed by atoms with E-state index in [-0.39, 0.29) is 24.2 Å². The molecule has 3 unspecified atom stereocenters. The minimum absolute atomic E-state index is 0.0254. The number of nitriles is 1. The summed E-state index contributed by atoms with van der Waals surface area (Å²) in [6.45, 7) is 5.20. The van der Waals surface area contributed by atoms with Crippen molar-refractivity contribution in [3.05, 3.63) is 29.8 Å². The zero-order chi connectivity index (χ0) is 16.0. The molecule has 0 bridgehead atoms. The van der Waals surface area contributed by atoms with Gasteiger partial charge in [-0.2, -0.15) is 5.26 Å². The van der Waals surface area contributed by atoms with Crippen molar-refractivity contribution < 1.29 is 9.84 Å². The number of rotatable bonds is 6. The lowest BCUT2D eigenvalue weighted by Gasteiger charge is -2.39. The van der Waals surface area contributed by atoms with E-state index < -0.39 is 0 Å². The van der Waals surface area contributed by atoms with Gasteiger partial charge in [-0.3, -0.25) is 0 Å². The molecule has 0 spiro atoms. The molecule has 1 fully saturated rings. The molecule has 4 heteroatoms. The van der Waals surface area contributed by atoms with Crippen molar-refractivity contribution in [3.63, 3.8) is 0 Å². The van der Waals surface area contributed by atoms with Crippen LogP contribution in [0.1, 0.15) is 51.1 Å². The summed E-state index contributed by atoms with van der Waals surface area (Å²) in [6, 6.07) is 10.00. The fourth-order valence-electron chi connectivity index (χ4n) is 3.06. The Bertz CT molecular complexity index is 509. The number of nitrogens with one attached hydrogen (secondary N) is 1. The Labute approximate surface area is 133 Å². The standard InChI is InChI=1S/C18H26N2O2/c1-14(15-6-8-16(9-7-15)22-12-11-19)20-13-18(2)10-4-3-5-17(18)21/h6-9,14,17,20-21H,3-5,10,12-13H2,1-2H3. The molecule has 0 saturated heterocycles. The Balaban J connectivity index is 1.89. The van der Waals surface area contributed by atoms with Crippen LogP contribution in [0.15, 0.2) is 24.3 Å². The molecule has 1 saturated carbocycles. The second-order valence-electron chi connectivity index (χ2n) is 6.53. The van der Waals surface area contributed by atoms with Crippen LogP contribution >= 0.6 is 0 Å². The van der Waals surface area contributed by atoms with Crippen LogP contribution in [0.25, 0.3) is 0 Å². The summed E-state index contributed by atoms with van der Waals surface area (Å²) in [5.74, 6) is 0.715. The number of hydrogen-bond donors (Lipinski definition) is 2. The molecule has 4 nitrogen and oxygen atoms in total. The minimum atomic E-state index is -0.206. The SMILES string of the molecule is CC(NCC1(C)CCCCC1O)c1ccc(OCC#N)cc1. The van der Waals surface area contributed by atoms with Gasteiger partial charge in [-0.1, -0.05) is 31.9 Å². The molecule has 120 valence electrons. The number of ether oxygens (including phenoxy) is 1. The lowest BCUT2D eigenvalue weighted by atomic mass is 9.73. The molecule has 0 heterocycles. The topological polar surface area (TPSA) is 65.3 Å². The fourth-order valence-corrected chi connectivity index (χ4v) is 3.06. The molecule has 2 rings (SSSR count). The molecule has 1 aliphatic rings. The van der Waals surface area contributed by atoms with Crippen molar-refractivity contribution in [1.29, 1.82) is 5.26 Å². The van der Waals surface area contributed by atoms with Gasteiger partial charge in [0.25, 0.3) is 0 Å². The van der Waals surface area contributed by atoms with Crippen molar-refractivity contribution in [2.24, 2.45) is 5.41 Å². The minimum Gasteiger partial charge on any atom is -0.479 e. The molecule has 1 aromatic rings. The number of hydrogen-bond acceptors (Lipinski definition) is 4. The Hall–Kier alpha value is -1.57. The molecular formula is C18H26N2O2. The summed E-state index contributed by atoms with van der Waals surface area (Å²) in [7, 11) is 0. The molecule has 0 radical (unpaired) electrons. The summed E-state index contributed by atoms with van der Waals surface area (Å²) in [6.07, 6.45) is 4.12. The van der Waals surface area contributed by atoms with E-state index >= 15 is 0 Å². The number of aliphatic hydroxyl groups excluding tert-OH is 1. The first kappa shape index (κ1) is 16.8. The van der Waals surface area contributed by atoms with Crippen molar-refractivity contribution in [2.45, 2.75) is 51.7 Å². The average Bonchev–Trinajstić information content (AvgIpc) is 2.54. The van der Waals surface area contributed by atoms with Gasteiger partial charge in [0, 0.05) is 18.0 Å². The first-order valence-corrected chi connectivity index (χ1v) is 8.06. The van der Waals surface area contributed by atoms with Crippen molar-refractivity contribution in [3.8, 4) is 11.8 Å². The van der Waals surface area contributed by atoms with Gasteiger partial charge >= 0.3 is 0 Å². The van der Waals surface area contributed by atoms with Crippen LogP contribution in [0.2, 0.25) is 0 Å². The van der Waals surface area contributed by atoms with Gasteiger partial charge in [0.1, 0.15) is 11.8 Å². The first-order valence-electron chi connectivity index (χ1n) is 8.06. The van der Waals surface area contributed by atoms with Gasteiger partial charge in [0.05, 0.1) is 6.10 Å². The molecule has 0 amide bonds. The van der Waals surface area contributed by atoms with Crippen molar-refractivity contribution >= 4 is 0 Å². The second kappa shape index (κ2) is 7.62. The van der Waals surface area contributed by atoms with E-state index in [2.05, 4.69) is 19.2 Å². The maximum Gasteiger partial charge on any atom is 0.174 e. The molecule has 22 heavy (non-hydrogen) atoms. The Morgan fingerprint density at radius 1 is 1.41 bits per heavy atom. The summed E-state index contributed by atoms with van der Waals surface area (Å²) in [5, 5.41) is 22.3. The molecule has 3 atom stereocenters. The van der Waals surface area contributed by atoms with Crippen LogP contribution < -0.4 is 10.1 Å². The summed E-state index contributed by atoms with van der Waals surface area (Å²) < 4.78 is 5.26. The Kier molecular flexibility index (Phi) is 5.82. The van der Waals surface area contributed by atoms with Gasteiger partial charge in [0.15, 0.2) is 6.61 Å². The highest BCUT2D eigenvalue weighted by molar-refractivity contribution is 5.29. The summed E-state index contributed by atoms with van der Waals surface area (Å²) in [5.41, 5.74) is 1.15. The largest absolute Gasteiger partial charge is 0.479 e. The summed E-state index contributed by atoms with van der Waals surface area (Å²) in [4.78, 5) is 0. The Morgan fingerprint density at radius 2 is 2.14 bits per heavy atom. The van der Waals surface area contributed by atoms with Crippen LogP contribution in [0.4, 0.5) is 0 Å². The van der Waals surface area contributed by atoms with Gasteiger partial charge in [-0.05, 0) is 37.5 Å². The smallest absolute Gasteiger partial charge is 0.174 e. The predicted octanol–water partition coefficient (Wildman–Crippen LogP) is 3.18. The maximum atomic E-state index is 10.2. The zero-order valence-corrected chi connectivity index (χ0v) is 13.5. The van der Waals surface area contributed by atoms with E-state index in [0.29, 0.717) is 5.75 Å². The van der Waals surface area contributed by atoms with Crippen LogP contribution in [-0.2, 0) is 0 Å². The van der Waals surface area contributed by atoms with Crippen LogP contribution in [0.5, 0.6) is 5.75 Å². The Morgan fingerprint density at radius 3 is 2.77 bits per heavy atom. The second-order valence-corrected chi connectivity index (χ2v) is 6.53. The van der Waals surface area contributed by atoms with Gasteiger partial charge in [0.2, 0.25) is 0 Å². The van der Waals surface area contributed by atoms with E-state index in [0.717, 1.165) is 25.8 Å². The zero-order valence-electron chi connectivity index (χ0n) is 13.5. The highest BCUT2D eigenvalue weighted by Gasteiger charge is 2.35. The molecule has 1 aromatic carbocycles. The van der Waals surface area contributed by atoms with Crippen LogP contribution in [0.3, 0.4) is 0 Å². The third-order valence-corrected chi connectivity index (χ3v) is 4.78. The average molecular weight is 302 g/mol. The van der Waals surface area contributed by atoms with Crippen molar-refractivity contribution in [1.82, 2.24) is 5.32 Å². The lowest BCUT2D eigenvalue weighted by Crippen LogP contribution is -2.44. The highest BCUT2D eigenvalue weighted by atomic mass is 16.5. The highest BCUT2D eigenvalue weighted by Crippen LogP contribution is 2.36. The van der Waals surface area contributed by atoms with Crippen molar-refractivity contribution in [2.75, 3.05) is 13.2 Å². The molecule has 0 aromatic heterocycles. The van der Waals surface area contributed by atoms with Crippen LogP contribution in [-0.4, -0.2) is 24.4 Å². The van der Waals surface area contributed by atoms with E-state index in [1.165, 1.54) is 12.0 Å². The third kappa shape index (κ3) is 4.22. The summed E-state index contributed by atoms with van der Waals surface area (Å²) >= 11 is 0. The molecular weight excluding hydrogens is 276 g/mol. The van der Waals surface area contributed by atoms with Gasteiger partial charge in [-0.25, -0.2) is 0 Å². The lowest BCUT2D eigenvalue weighted by molar-refractivity contribution is -0.0000128. The first-order chi connectivity index (χ1) is 10.5. The quantitative estimate of drug-likeness (QED) is 0.847. The van der Waals surface area contributed by atoms with Crippen LogP contribution in [0, 0.1) is 16.7 Å². The molecule has 0 aliphatic heterocycles. The number of aliphatic hydroxyl groups is 1. The molecule has 1 aliphatic carbocycles. The van der Waals surface area contributed by atoms with E-state index in [1.807, 2.05) is 30.3 Å². The monoisotopic (exact) mass is 302 g/mol.